The first-order valence-corrected chi connectivity index (χ1v) is 6.31. The quantitative estimate of drug-likeness (QED) is 0.584. The molecule has 0 spiro atoms. The average molecular weight is 384 g/mol. The molecule has 0 aromatic carbocycles. The van der Waals surface area contributed by atoms with E-state index in [0.29, 0.717) is 6.07 Å². The molecule has 0 aliphatic carbocycles. The number of halogens is 4. The van der Waals surface area contributed by atoms with E-state index >= 15 is 0 Å². The molecule has 3 N–H and O–H groups in total. The second kappa shape index (κ2) is 4.45. The number of nitrogens with two attached hydrogens (primary N) is 1. The van der Waals surface area contributed by atoms with Gasteiger partial charge in [0.15, 0.2) is 11.5 Å². The molecular formula is C6H4F3IN2O4S. The molecule has 6 nitrogen and oxygen atoms in total. The third kappa shape index (κ3) is 3.85. The van der Waals surface area contributed by atoms with Gasteiger partial charge in [0.2, 0.25) is 5.03 Å². The Morgan fingerprint density at radius 3 is 2.41 bits per heavy atom. The number of ether oxygens (including phenoxy) is 1. The van der Waals surface area contributed by atoms with Gasteiger partial charge in [0.05, 0.1) is 0 Å². The molecule has 11 heteroatoms. The topological polar surface area (TPSA) is 103 Å². The molecule has 0 fully saturated rings. The van der Waals surface area contributed by atoms with Gasteiger partial charge in [0.1, 0.15) is 3.70 Å². The van der Waals surface area contributed by atoms with Crippen molar-refractivity contribution in [2.45, 2.75) is 11.4 Å². The number of alkyl halides is 3. The monoisotopic (exact) mass is 384 g/mol. The van der Waals surface area contributed by atoms with E-state index in [1.165, 1.54) is 22.6 Å². The SMILES string of the molecule is NS(=O)(=O)c1nc(I)c(O)cc1OC(F)(F)F. The fourth-order valence-corrected chi connectivity index (χ4v) is 2.01. The van der Waals surface area contributed by atoms with Gasteiger partial charge in [-0.1, -0.05) is 0 Å². The second-order valence-electron chi connectivity index (χ2n) is 2.69. The Labute approximate surface area is 107 Å². The van der Waals surface area contributed by atoms with Crippen LogP contribution in [0.1, 0.15) is 0 Å². The van der Waals surface area contributed by atoms with Crippen LogP contribution < -0.4 is 9.88 Å². The number of nitrogens with zero attached hydrogens (tertiary/aromatic N) is 1. The standard InChI is InChI=1S/C6H4F3IN2O4S/c7-6(8,9)16-3-1-2(13)4(10)12-5(3)17(11,14)15/h1,13H,(H2,11,14,15). The van der Waals surface area contributed by atoms with Crippen LogP contribution in [-0.2, 0) is 10.0 Å². The summed E-state index contributed by atoms with van der Waals surface area (Å²) in [4.78, 5) is 3.23. The van der Waals surface area contributed by atoms with E-state index in [-0.39, 0.29) is 3.70 Å². The van der Waals surface area contributed by atoms with Crippen molar-refractivity contribution in [3.8, 4) is 11.5 Å². The lowest BCUT2D eigenvalue weighted by atomic mass is 10.4. The van der Waals surface area contributed by atoms with Gasteiger partial charge < -0.3 is 9.84 Å². The second-order valence-corrected chi connectivity index (χ2v) is 5.19. The molecule has 0 amide bonds. The molecule has 0 aliphatic heterocycles. The molecule has 0 radical (unpaired) electrons. The number of hydrogen-bond acceptors (Lipinski definition) is 5. The number of primary sulfonamides is 1. The molecule has 1 heterocycles. The summed E-state index contributed by atoms with van der Waals surface area (Å²) < 4.78 is 61.1. The summed E-state index contributed by atoms with van der Waals surface area (Å²) in [5.41, 5.74) is 0. The number of aromatic hydroxyl groups is 1. The molecule has 0 bridgehead atoms. The zero-order chi connectivity index (χ0) is 13.4. The van der Waals surface area contributed by atoms with E-state index < -0.39 is 32.9 Å². The molecule has 0 saturated carbocycles. The van der Waals surface area contributed by atoms with Crippen LogP contribution in [0.3, 0.4) is 0 Å². The highest BCUT2D eigenvalue weighted by molar-refractivity contribution is 14.1. The third-order valence-electron chi connectivity index (χ3n) is 1.38. The van der Waals surface area contributed by atoms with Crippen molar-refractivity contribution < 1.29 is 31.4 Å². The van der Waals surface area contributed by atoms with Crippen LogP contribution in [-0.4, -0.2) is 24.9 Å². The maximum atomic E-state index is 12.0. The fourth-order valence-electron chi connectivity index (χ4n) is 0.849. The third-order valence-corrected chi connectivity index (χ3v) is 3.01. The summed E-state index contributed by atoms with van der Waals surface area (Å²) in [7, 11) is -4.50. The molecule has 0 unspecified atom stereocenters. The van der Waals surface area contributed by atoms with Crippen LogP contribution in [0, 0.1) is 3.70 Å². The van der Waals surface area contributed by atoms with Crippen LogP contribution >= 0.6 is 22.6 Å². The van der Waals surface area contributed by atoms with Gasteiger partial charge in [-0.15, -0.1) is 13.2 Å². The minimum absolute atomic E-state index is 0.221. The van der Waals surface area contributed by atoms with Crippen molar-refractivity contribution in [1.29, 1.82) is 0 Å². The van der Waals surface area contributed by atoms with Gasteiger partial charge in [-0.05, 0) is 22.6 Å². The maximum Gasteiger partial charge on any atom is 0.573 e. The highest BCUT2D eigenvalue weighted by Gasteiger charge is 2.34. The summed E-state index contributed by atoms with van der Waals surface area (Å²) >= 11 is 1.43. The van der Waals surface area contributed by atoms with Crippen LogP contribution in [0.5, 0.6) is 11.5 Å². The van der Waals surface area contributed by atoms with Gasteiger partial charge >= 0.3 is 6.36 Å². The zero-order valence-electron chi connectivity index (χ0n) is 7.69. The molecule has 0 atom stereocenters. The Morgan fingerprint density at radius 2 is 2.00 bits per heavy atom. The Morgan fingerprint density at radius 1 is 1.47 bits per heavy atom. The first kappa shape index (κ1) is 14.2. The van der Waals surface area contributed by atoms with Crippen LogP contribution in [0.4, 0.5) is 13.2 Å². The van der Waals surface area contributed by atoms with E-state index in [9.17, 15) is 21.6 Å². The molecule has 1 aromatic heterocycles. The summed E-state index contributed by atoms with van der Waals surface area (Å²) in [5.74, 6) is -1.84. The molecular weight excluding hydrogens is 380 g/mol. The van der Waals surface area contributed by atoms with Gasteiger partial charge in [-0.25, -0.2) is 18.5 Å². The molecule has 17 heavy (non-hydrogen) atoms. The summed E-state index contributed by atoms with van der Waals surface area (Å²) in [5, 5.41) is 12.7. The van der Waals surface area contributed by atoms with E-state index in [2.05, 4.69) is 14.9 Å². The van der Waals surface area contributed by atoms with Crippen LogP contribution in [0.25, 0.3) is 0 Å². The Balaban J connectivity index is 3.42. The van der Waals surface area contributed by atoms with Gasteiger partial charge in [0.25, 0.3) is 10.0 Å². The predicted octanol–water partition coefficient (Wildman–Crippen LogP) is 0.938. The van der Waals surface area contributed by atoms with Crippen molar-refractivity contribution in [2.24, 2.45) is 5.14 Å². The smallest absolute Gasteiger partial charge is 0.505 e. The highest BCUT2D eigenvalue weighted by Crippen LogP contribution is 2.32. The molecule has 0 saturated heterocycles. The van der Waals surface area contributed by atoms with E-state index in [1.807, 2.05) is 0 Å². The van der Waals surface area contributed by atoms with Crippen LogP contribution in [0.2, 0.25) is 0 Å². The number of sulfonamides is 1. The molecule has 0 aliphatic rings. The minimum Gasteiger partial charge on any atom is -0.505 e. The van der Waals surface area contributed by atoms with Crippen molar-refractivity contribution in [3.63, 3.8) is 0 Å². The van der Waals surface area contributed by atoms with E-state index in [0.717, 1.165) is 0 Å². The van der Waals surface area contributed by atoms with E-state index in [1.54, 1.807) is 0 Å². The lowest BCUT2D eigenvalue weighted by Gasteiger charge is -2.12. The van der Waals surface area contributed by atoms with Crippen molar-refractivity contribution in [2.75, 3.05) is 0 Å². The van der Waals surface area contributed by atoms with E-state index in [4.69, 9.17) is 5.11 Å². The number of hydrogen-bond donors (Lipinski definition) is 2. The lowest BCUT2D eigenvalue weighted by Crippen LogP contribution is -2.22. The van der Waals surface area contributed by atoms with Crippen LogP contribution in [0.15, 0.2) is 11.1 Å². The van der Waals surface area contributed by atoms with Crippen molar-refractivity contribution in [1.82, 2.24) is 4.98 Å². The first-order valence-electron chi connectivity index (χ1n) is 3.69. The molecule has 1 rings (SSSR count). The maximum absolute atomic E-state index is 12.0. The Bertz CT molecular complexity index is 545. The molecule has 1 aromatic rings. The highest BCUT2D eigenvalue weighted by atomic mass is 127. The Hall–Kier alpha value is -0.820. The van der Waals surface area contributed by atoms with Crippen molar-refractivity contribution >= 4 is 32.6 Å². The normalized spacial score (nSPS) is 12.5. The zero-order valence-corrected chi connectivity index (χ0v) is 10.7. The summed E-state index contributed by atoms with van der Waals surface area (Å²) in [6.07, 6.45) is -5.12. The summed E-state index contributed by atoms with van der Waals surface area (Å²) in [6.45, 7) is 0. The minimum atomic E-state index is -5.12. The largest absolute Gasteiger partial charge is 0.573 e. The van der Waals surface area contributed by atoms with Crippen molar-refractivity contribution in [3.05, 3.63) is 9.77 Å². The van der Waals surface area contributed by atoms with Gasteiger partial charge in [0, 0.05) is 6.07 Å². The van der Waals surface area contributed by atoms with Gasteiger partial charge in [-0.3, -0.25) is 0 Å². The predicted molar refractivity (Wildman–Crippen MR) is 56.7 cm³/mol. The number of rotatable bonds is 2. The summed E-state index contributed by atoms with van der Waals surface area (Å²) in [6, 6.07) is 0.474. The fraction of sp³-hybridized carbons (Fsp3) is 0.167. The Kier molecular flexibility index (Phi) is 3.73. The first-order chi connectivity index (χ1) is 7.50. The lowest BCUT2D eigenvalue weighted by molar-refractivity contribution is -0.275. The molecule has 96 valence electrons. The van der Waals surface area contributed by atoms with Gasteiger partial charge in [-0.2, -0.15) is 0 Å². The number of pyridine rings is 1. The number of aromatic nitrogens is 1. The average Bonchev–Trinajstić information content (AvgIpc) is 2.06.